The quantitative estimate of drug-likeness (QED) is 0.457. The summed E-state index contributed by atoms with van der Waals surface area (Å²) in [5.74, 6) is 0.346. The third kappa shape index (κ3) is 2.01. The number of hydrogen-bond acceptors (Lipinski definition) is 5. The van der Waals surface area contributed by atoms with Crippen molar-refractivity contribution in [1.29, 1.82) is 0 Å². The fraction of sp³-hybridized carbons (Fsp3) is 0.385. The zero-order valence-corrected chi connectivity index (χ0v) is 12.5. The van der Waals surface area contributed by atoms with Crippen LogP contribution in [-0.2, 0) is 4.79 Å². The van der Waals surface area contributed by atoms with Crippen molar-refractivity contribution in [3.63, 3.8) is 0 Å². The fourth-order valence-electron chi connectivity index (χ4n) is 2.98. The molecule has 0 aromatic carbocycles. The summed E-state index contributed by atoms with van der Waals surface area (Å²) in [6, 6.07) is 0. The van der Waals surface area contributed by atoms with Gasteiger partial charge in [0.2, 0.25) is 5.28 Å². The van der Waals surface area contributed by atoms with Gasteiger partial charge in [0.1, 0.15) is 11.8 Å². The van der Waals surface area contributed by atoms with Gasteiger partial charge in [0.15, 0.2) is 16.6 Å². The first kappa shape index (κ1) is 13.0. The molecule has 0 radical (unpaired) electrons. The largest absolute Gasteiger partial charge is 0.367 e. The highest BCUT2D eigenvalue weighted by Gasteiger charge is 2.36. The van der Waals surface area contributed by atoms with E-state index in [2.05, 4.69) is 19.9 Å². The summed E-state index contributed by atoms with van der Waals surface area (Å²) in [5, 5.41) is 0.267. The van der Waals surface area contributed by atoms with Crippen LogP contribution < -0.4 is 0 Å². The molecule has 3 saturated heterocycles. The van der Waals surface area contributed by atoms with Crippen LogP contribution in [0, 0.1) is 5.92 Å². The number of aromatic nitrogens is 4. The molecule has 5 rings (SSSR count). The van der Waals surface area contributed by atoms with Gasteiger partial charge in [-0.1, -0.05) is 11.6 Å². The van der Waals surface area contributed by atoms with Crippen molar-refractivity contribution in [3.05, 3.63) is 22.5 Å². The van der Waals surface area contributed by atoms with Crippen LogP contribution in [0.2, 0.25) is 10.4 Å². The van der Waals surface area contributed by atoms with E-state index in [1.807, 2.05) is 0 Å². The average Bonchev–Trinajstić information content (AvgIpc) is 2.86. The topological polar surface area (TPSA) is 63.9 Å². The van der Waals surface area contributed by atoms with Gasteiger partial charge in [0.05, 0.1) is 5.70 Å². The number of allylic oxidation sites excluding steroid dienone is 1. The Kier molecular flexibility index (Phi) is 2.90. The second kappa shape index (κ2) is 4.68. The number of halogens is 2. The van der Waals surface area contributed by atoms with Crippen molar-refractivity contribution in [2.75, 3.05) is 13.1 Å². The molecule has 2 aromatic rings. The normalized spacial score (nSPS) is 21.0. The molecule has 0 amide bonds. The van der Waals surface area contributed by atoms with Gasteiger partial charge in [-0.25, -0.2) is 9.97 Å². The van der Waals surface area contributed by atoms with Crippen molar-refractivity contribution < 1.29 is 4.79 Å². The number of imidazole rings is 1. The number of nitrogens with zero attached hydrogens (tertiary/aromatic N) is 5. The van der Waals surface area contributed by atoms with E-state index in [1.54, 1.807) is 17.1 Å². The first-order chi connectivity index (χ1) is 10.1. The third-order valence-corrected chi connectivity index (χ3v) is 4.50. The molecule has 0 N–H and O–H groups in total. The first-order valence-corrected chi connectivity index (χ1v) is 7.45. The second-order valence-electron chi connectivity index (χ2n) is 5.25. The van der Waals surface area contributed by atoms with Gasteiger partial charge in [-0.15, -0.1) is 0 Å². The molecule has 6 nitrogen and oxygen atoms in total. The second-order valence-corrected chi connectivity index (χ2v) is 5.94. The molecule has 0 atom stereocenters. The standard InChI is InChI=1S/C13H11Cl2N5O/c14-11-9-12(18-13(15)17-11)20(6-16-9)5-8-10(21)7-1-3-19(8)4-2-7/h5-7H,1-4H2/b8-5+. The van der Waals surface area contributed by atoms with Gasteiger partial charge in [0.25, 0.3) is 0 Å². The molecule has 8 heteroatoms. The highest BCUT2D eigenvalue weighted by Crippen LogP contribution is 2.32. The van der Waals surface area contributed by atoms with Crippen LogP contribution in [0.15, 0.2) is 12.0 Å². The molecule has 21 heavy (non-hydrogen) atoms. The smallest absolute Gasteiger partial charge is 0.225 e. The molecule has 5 heterocycles. The van der Waals surface area contributed by atoms with E-state index < -0.39 is 0 Å². The maximum absolute atomic E-state index is 12.4. The summed E-state index contributed by atoms with van der Waals surface area (Å²) in [6.45, 7) is 1.84. The van der Waals surface area contributed by atoms with Crippen LogP contribution in [0.4, 0.5) is 0 Å². The molecule has 3 aliphatic rings. The molecule has 0 spiro atoms. The van der Waals surface area contributed by atoms with E-state index >= 15 is 0 Å². The summed E-state index contributed by atoms with van der Waals surface area (Å²) in [7, 11) is 0. The average molecular weight is 324 g/mol. The Labute approximate surface area is 130 Å². The van der Waals surface area contributed by atoms with Gasteiger partial charge in [-0.05, 0) is 24.4 Å². The van der Waals surface area contributed by atoms with Crippen LogP contribution in [0.25, 0.3) is 17.4 Å². The molecule has 0 unspecified atom stereocenters. The summed E-state index contributed by atoms with van der Waals surface area (Å²) in [6.07, 6.45) is 5.23. The lowest BCUT2D eigenvalue weighted by Gasteiger charge is -2.40. The predicted octanol–water partition coefficient (Wildman–Crippen LogP) is 2.23. The van der Waals surface area contributed by atoms with Gasteiger partial charge in [-0.2, -0.15) is 4.98 Å². The number of Topliss-reactive ketones (excluding diaryl/α,β-unsaturated/α-hetero) is 1. The van der Waals surface area contributed by atoms with E-state index in [0.717, 1.165) is 25.9 Å². The summed E-state index contributed by atoms with van der Waals surface area (Å²) < 4.78 is 1.68. The lowest BCUT2D eigenvalue weighted by Crippen LogP contribution is -2.46. The van der Waals surface area contributed by atoms with Crippen LogP contribution in [0.3, 0.4) is 0 Å². The number of carbonyl (C=O) groups excluding carboxylic acids is 1. The Hall–Kier alpha value is -1.66. The van der Waals surface area contributed by atoms with Crippen LogP contribution >= 0.6 is 23.2 Å². The Balaban J connectivity index is 1.84. The Morgan fingerprint density at radius 1 is 1.24 bits per heavy atom. The number of carbonyl (C=O) groups is 1. The van der Waals surface area contributed by atoms with Crippen molar-refractivity contribution >= 4 is 46.3 Å². The van der Waals surface area contributed by atoms with Gasteiger partial charge in [-0.3, -0.25) is 9.36 Å². The van der Waals surface area contributed by atoms with E-state index in [-0.39, 0.29) is 22.1 Å². The van der Waals surface area contributed by atoms with Crippen molar-refractivity contribution in [2.24, 2.45) is 5.92 Å². The van der Waals surface area contributed by atoms with E-state index in [4.69, 9.17) is 23.2 Å². The SMILES string of the molecule is O=C1/C(=C\n2cnc3c(Cl)nc(Cl)nc32)N2CCC1CC2. The highest BCUT2D eigenvalue weighted by molar-refractivity contribution is 6.35. The van der Waals surface area contributed by atoms with Crippen LogP contribution in [0.1, 0.15) is 12.8 Å². The predicted molar refractivity (Wildman–Crippen MR) is 78.9 cm³/mol. The maximum Gasteiger partial charge on any atom is 0.225 e. The minimum Gasteiger partial charge on any atom is -0.367 e. The Morgan fingerprint density at radius 3 is 2.71 bits per heavy atom. The molecule has 0 saturated carbocycles. The first-order valence-electron chi connectivity index (χ1n) is 6.70. The minimum atomic E-state index is 0.0597. The molecule has 2 aromatic heterocycles. The van der Waals surface area contributed by atoms with E-state index in [1.165, 1.54) is 0 Å². The molecule has 2 bridgehead atoms. The van der Waals surface area contributed by atoms with Crippen molar-refractivity contribution in [2.45, 2.75) is 12.8 Å². The number of ketones is 1. The van der Waals surface area contributed by atoms with Crippen molar-refractivity contribution in [1.82, 2.24) is 24.4 Å². The fourth-order valence-corrected chi connectivity index (χ4v) is 3.40. The van der Waals surface area contributed by atoms with Crippen LogP contribution in [0.5, 0.6) is 0 Å². The molecular formula is C13H11Cl2N5O. The minimum absolute atomic E-state index is 0.0597. The zero-order valence-electron chi connectivity index (χ0n) is 11.0. The molecule has 3 fully saturated rings. The monoisotopic (exact) mass is 323 g/mol. The van der Waals surface area contributed by atoms with Crippen LogP contribution in [-0.4, -0.2) is 43.3 Å². The molecular weight excluding hydrogens is 313 g/mol. The summed E-state index contributed by atoms with van der Waals surface area (Å²) in [4.78, 5) is 26.7. The molecule has 0 aliphatic carbocycles. The zero-order chi connectivity index (χ0) is 14.6. The van der Waals surface area contributed by atoms with Gasteiger partial charge < -0.3 is 4.90 Å². The summed E-state index contributed by atoms with van der Waals surface area (Å²) >= 11 is 11.8. The Morgan fingerprint density at radius 2 is 2.00 bits per heavy atom. The number of rotatable bonds is 1. The lowest BCUT2D eigenvalue weighted by molar-refractivity contribution is -0.125. The van der Waals surface area contributed by atoms with E-state index in [0.29, 0.717) is 16.9 Å². The van der Waals surface area contributed by atoms with Gasteiger partial charge in [0, 0.05) is 25.2 Å². The van der Waals surface area contributed by atoms with Gasteiger partial charge >= 0.3 is 0 Å². The number of hydrogen-bond donors (Lipinski definition) is 0. The summed E-state index contributed by atoms with van der Waals surface area (Å²) in [5.41, 5.74) is 1.69. The lowest BCUT2D eigenvalue weighted by atomic mass is 9.85. The Bertz CT molecular complexity index is 776. The number of piperidine rings is 3. The third-order valence-electron chi connectivity index (χ3n) is 4.07. The molecule has 3 aliphatic heterocycles. The highest BCUT2D eigenvalue weighted by atomic mass is 35.5. The molecule has 108 valence electrons. The van der Waals surface area contributed by atoms with Crippen molar-refractivity contribution in [3.8, 4) is 0 Å². The van der Waals surface area contributed by atoms with E-state index in [9.17, 15) is 4.79 Å². The maximum atomic E-state index is 12.4. The number of fused-ring (bicyclic) bond motifs is 4.